The molecule has 1 rings (SSSR count). The third kappa shape index (κ3) is 1.95. The molecule has 0 saturated carbocycles. The highest BCUT2D eigenvalue weighted by Crippen LogP contribution is 2.02. The molecule has 0 aliphatic rings. The van der Waals surface area contributed by atoms with Crippen molar-refractivity contribution in [2.45, 2.75) is 13.1 Å². The number of rotatable bonds is 3. The van der Waals surface area contributed by atoms with Gasteiger partial charge in [0.15, 0.2) is 0 Å². The molecule has 12 heavy (non-hydrogen) atoms. The van der Waals surface area contributed by atoms with Crippen LogP contribution in [0.5, 0.6) is 0 Å². The normalized spacial score (nSPS) is 10.8. The van der Waals surface area contributed by atoms with Gasteiger partial charge < -0.3 is 4.43 Å². The van der Waals surface area contributed by atoms with Crippen LogP contribution in [0.1, 0.15) is 0 Å². The standard InChI is InChI=1S/C9H12O2Si/c1-12(2,11-8-10)9-6-4-3-5-7-9/h3-8H,1-2H3. The zero-order valence-corrected chi connectivity index (χ0v) is 8.28. The molecular weight excluding hydrogens is 168 g/mol. The highest BCUT2D eigenvalue weighted by atomic mass is 28.4. The van der Waals surface area contributed by atoms with Gasteiger partial charge in [-0.3, -0.25) is 4.79 Å². The quantitative estimate of drug-likeness (QED) is 0.517. The predicted octanol–water partition coefficient (Wildman–Crippen LogP) is 1.27. The van der Waals surface area contributed by atoms with Crippen LogP contribution in [0.15, 0.2) is 30.3 Å². The molecule has 1 aromatic rings. The van der Waals surface area contributed by atoms with Crippen LogP contribution in [-0.4, -0.2) is 14.8 Å². The molecule has 0 aliphatic carbocycles. The van der Waals surface area contributed by atoms with Crippen LogP contribution in [0.25, 0.3) is 0 Å². The summed E-state index contributed by atoms with van der Waals surface area (Å²) in [7, 11) is -1.95. The molecular formula is C9H12O2Si. The average molecular weight is 180 g/mol. The van der Waals surface area contributed by atoms with Gasteiger partial charge in [0, 0.05) is 0 Å². The van der Waals surface area contributed by atoms with E-state index in [-0.39, 0.29) is 0 Å². The minimum atomic E-state index is -1.95. The predicted molar refractivity (Wildman–Crippen MR) is 50.7 cm³/mol. The van der Waals surface area contributed by atoms with E-state index in [2.05, 4.69) is 0 Å². The first-order chi connectivity index (χ1) is 5.67. The number of carbonyl (C=O) groups is 1. The molecule has 3 heteroatoms. The van der Waals surface area contributed by atoms with Gasteiger partial charge in [-0.1, -0.05) is 30.3 Å². The summed E-state index contributed by atoms with van der Waals surface area (Å²) in [6.45, 7) is 4.53. The Balaban J connectivity index is 2.89. The molecule has 0 aromatic heterocycles. The van der Waals surface area contributed by atoms with Crippen LogP contribution in [0.3, 0.4) is 0 Å². The van der Waals surface area contributed by atoms with E-state index in [1.165, 1.54) is 0 Å². The summed E-state index contributed by atoms with van der Waals surface area (Å²) in [4.78, 5) is 10.2. The van der Waals surface area contributed by atoms with Gasteiger partial charge in [-0.25, -0.2) is 0 Å². The van der Waals surface area contributed by atoms with E-state index < -0.39 is 8.32 Å². The lowest BCUT2D eigenvalue weighted by Gasteiger charge is -2.19. The second kappa shape index (κ2) is 3.54. The second-order valence-electron chi connectivity index (χ2n) is 3.09. The van der Waals surface area contributed by atoms with Crippen molar-refractivity contribution in [1.29, 1.82) is 0 Å². The summed E-state index contributed by atoms with van der Waals surface area (Å²) in [5, 5.41) is 1.14. The van der Waals surface area contributed by atoms with Crippen molar-refractivity contribution in [2.24, 2.45) is 0 Å². The smallest absolute Gasteiger partial charge is 0.280 e. The highest BCUT2D eigenvalue weighted by Gasteiger charge is 2.25. The zero-order chi connectivity index (χ0) is 9.03. The molecule has 0 unspecified atom stereocenters. The topological polar surface area (TPSA) is 26.3 Å². The van der Waals surface area contributed by atoms with Gasteiger partial charge in [-0.15, -0.1) is 0 Å². The number of benzene rings is 1. The molecule has 2 nitrogen and oxygen atoms in total. The first-order valence-electron chi connectivity index (χ1n) is 3.84. The summed E-state index contributed by atoms with van der Waals surface area (Å²) in [5.41, 5.74) is 0. The van der Waals surface area contributed by atoms with Gasteiger partial charge in [0.05, 0.1) is 0 Å². The summed E-state index contributed by atoms with van der Waals surface area (Å²) >= 11 is 0. The van der Waals surface area contributed by atoms with E-state index in [0.717, 1.165) is 5.19 Å². The van der Waals surface area contributed by atoms with Crippen LogP contribution in [0.4, 0.5) is 0 Å². The Bertz CT molecular complexity index is 256. The van der Waals surface area contributed by atoms with E-state index in [1.807, 2.05) is 43.4 Å². The Kier molecular flexibility index (Phi) is 2.65. The van der Waals surface area contributed by atoms with Crippen molar-refractivity contribution in [3.05, 3.63) is 30.3 Å². The van der Waals surface area contributed by atoms with Crippen molar-refractivity contribution < 1.29 is 9.22 Å². The van der Waals surface area contributed by atoms with Gasteiger partial charge in [-0.05, 0) is 18.3 Å². The van der Waals surface area contributed by atoms with Gasteiger partial charge in [0.1, 0.15) is 0 Å². The van der Waals surface area contributed by atoms with E-state index in [1.54, 1.807) is 0 Å². The number of hydrogen-bond acceptors (Lipinski definition) is 2. The Morgan fingerprint density at radius 1 is 1.25 bits per heavy atom. The van der Waals surface area contributed by atoms with E-state index >= 15 is 0 Å². The molecule has 0 atom stereocenters. The van der Waals surface area contributed by atoms with Gasteiger partial charge in [0.2, 0.25) is 0 Å². The fourth-order valence-electron chi connectivity index (χ4n) is 1.03. The Hall–Kier alpha value is -1.09. The Labute approximate surface area is 73.3 Å². The summed E-state index contributed by atoms with van der Waals surface area (Å²) < 4.78 is 5.07. The second-order valence-corrected chi connectivity index (χ2v) is 6.92. The minimum absolute atomic E-state index is 0.541. The molecule has 0 saturated heterocycles. The van der Waals surface area contributed by atoms with Gasteiger partial charge >= 0.3 is 0 Å². The molecule has 1 aromatic carbocycles. The molecule has 0 radical (unpaired) electrons. The first-order valence-corrected chi connectivity index (χ1v) is 6.74. The minimum Gasteiger partial charge on any atom is -0.517 e. The molecule has 0 spiro atoms. The lowest BCUT2D eigenvalue weighted by atomic mass is 10.4. The molecule has 0 heterocycles. The van der Waals surface area contributed by atoms with Crippen LogP contribution < -0.4 is 5.19 Å². The molecule has 0 fully saturated rings. The Morgan fingerprint density at radius 2 is 1.83 bits per heavy atom. The van der Waals surface area contributed by atoms with Crippen molar-refractivity contribution in [3.63, 3.8) is 0 Å². The molecule has 0 aliphatic heterocycles. The number of carbonyl (C=O) groups excluding carboxylic acids is 1. The van der Waals surface area contributed by atoms with Crippen LogP contribution in [-0.2, 0) is 9.22 Å². The molecule has 0 bridgehead atoms. The molecule has 0 N–H and O–H groups in total. The summed E-state index contributed by atoms with van der Waals surface area (Å²) in [6.07, 6.45) is 0. The van der Waals surface area contributed by atoms with E-state index in [4.69, 9.17) is 4.43 Å². The van der Waals surface area contributed by atoms with Crippen molar-refractivity contribution in [3.8, 4) is 0 Å². The van der Waals surface area contributed by atoms with Crippen LogP contribution >= 0.6 is 0 Å². The van der Waals surface area contributed by atoms with Crippen LogP contribution in [0.2, 0.25) is 13.1 Å². The van der Waals surface area contributed by atoms with Gasteiger partial charge in [-0.2, -0.15) is 0 Å². The lowest BCUT2D eigenvalue weighted by Crippen LogP contribution is -2.44. The maximum absolute atomic E-state index is 10.2. The maximum Gasteiger partial charge on any atom is 0.280 e. The largest absolute Gasteiger partial charge is 0.517 e. The fourth-order valence-corrected chi connectivity index (χ4v) is 2.40. The summed E-state index contributed by atoms with van der Waals surface area (Å²) in [6, 6.07) is 9.86. The zero-order valence-electron chi connectivity index (χ0n) is 7.28. The van der Waals surface area contributed by atoms with Crippen molar-refractivity contribution in [2.75, 3.05) is 0 Å². The molecule has 64 valence electrons. The highest BCUT2D eigenvalue weighted by molar-refractivity contribution is 6.85. The monoisotopic (exact) mass is 180 g/mol. The van der Waals surface area contributed by atoms with E-state index in [9.17, 15) is 4.79 Å². The Morgan fingerprint density at radius 3 is 2.33 bits per heavy atom. The third-order valence-electron chi connectivity index (χ3n) is 1.81. The fraction of sp³-hybridized carbons (Fsp3) is 0.222. The first kappa shape index (κ1) is 9.00. The lowest BCUT2D eigenvalue weighted by molar-refractivity contribution is -0.121. The van der Waals surface area contributed by atoms with E-state index in [0.29, 0.717) is 6.47 Å². The maximum atomic E-state index is 10.2. The van der Waals surface area contributed by atoms with Crippen molar-refractivity contribution >= 4 is 20.0 Å². The van der Waals surface area contributed by atoms with Gasteiger partial charge in [0.25, 0.3) is 14.8 Å². The number of hydrogen-bond donors (Lipinski definition) is 0. The average Bonchev–Trinajstić information content (AvgIpc) is 2.06. The third-order valence-corrected chi connectivity index (χ3v) is 4.22. The SMILES string of the molecule is C[Si](C)(OC=O)c1ccccc1. The molecule has 0 amide bonds. The summed E-state index contributed by atoms with van der Waals surface area (Å²) in [5.74, 6) is 0. The van der Waals surface area contributed by atoms with Crippen LogP contribution in [0, 0.1) is 0 Å². The van der Waals surface area contributed by atoms with Crippen molar-refractivity contribution in [1.82, 2.24) is 0 Å².